The highest BCUT2D eigenvalue weighted by molar-refractivity contribution is 5.62. The molecule has 0 saturated heterocycles. The van der Waals surface area contributed by atoms with Gasteiger partial charge in [0, 0.05) is 18.9 Å². The van der Waals surface area contributed by atoms with E-state index in [4.69, 9.17) is 5.73 Å². The monoisotopic (exact) mass is 268 g/mol. The van der Waals surface area contributed by atoms with Gasteiger partial charge in [-0.3, -0.25) is 4.40 Å². The predicted molar refractivity (Wildman–Crippen MR) is 77.2 cm³/mol. The van der Waals surface area contributed by atoms with Crippen LogP contribution in [-0.4, -0.2) is 19.6 Å². The molecule has 0 aliphatic heterocycles. The first-order valence-electron chi connectivity index (χ1n) is 6.47. The van der Waals surface area contributed by atoms with Gasteiger partial charge in [0.2, 0.25) is 5.65 Å². The Morgan fingerprint density at radius 1 is 1.30 bits per heavy atom. The van der Waals surface area contributed by atoms with Crippen molar-refractivity contribution >= 4 is 11.5 Å². The van der Waals surface area contributed by atoms with Crippen LogP contribution < -0.4 is 11.1 Å². The molecule has 0 fully saturated rings. The third kappa shape index (κ3) is 2.33. The van der Waals surface area contributed by atoms with Gasteiger partial charge in [0.25, 0.3) is 0 Å². The first-order chi connectivity index (χ1) is 9.78. The Morgan fingerprint density at radius 3 is 2.85 bits per heavy atom. The topological polar surface area (TPSA) is 81.1 Å². The molecule has 0 spiro atoms. The van der Waals surface area contributed by atoms with Crippen molar-refractivity contribution in [2.24, 2.45) is 5.73 Å². The van der Waals surface area contributed by atoms with E-state index in [1.165, 1.54) is 5.56 Å². The van der Waals surface area contributed by atoms with Crippen LogP contribution in [0, 0.1) is 0 Å². The average Bonchev–Trinajstić information content (AvgIpc) is 2.97. The Labute approximate surface area is 116 Å². The van der Waals surface area contributed by atoms with Gasteiger partial charge in [0.15, 0.2) is 5.82 Å². The number of rotatable bonds is 4. The van der Waals surface area contributed by atoms with Crippen LogP contribution in [0.25, 0.3) is 5.65 Å². The Balaban J connectivity index is 1.84. The number of hydrogen-bond acceptors (Lipinski definition) is 5. The second-order valence-electron chi connectivity index (χ2n) is 4.65. The highest BCUT2D eigenvalue weighted by atomic mass is 15.2. The summed E-state index contributed by atoms with van der Waals surface area (Å²) in [5, 5.41) is 11.3. The number of aromatic nitrogens is 4. The maximum absolute atomic E-state index is 5.61. The van der Waals surface area contributed by atoms with Crippen molar-refractivity contribution in [3.63, 3.8) is 0 Å². The molecule has 6 heteroatoms. The Hall–Kier alpha value is -2.47. The van der Waals surface area contributed by atoms with Crippen molar-refractivity contribution < 1.29 is 0 Å². The van der Waals surface area contributed by atoms with E-state index in [9.17, 15) is 0 Å². The zero-order chi connectivity index (χ0) is 13.9. The predicted octanol–water partition coefficient (Wildman–Crippen LogP) is 1.76. The molecule has 0 aliphatic carbocycles. The van der Waals surface area contributed by atoms with E-state index in [-0.39, 0.29) is 6.04 Å². The van der Waals surface area contributed by atoms with E-state index >= 15 is 0 Å². The standard InChI is InChI=1S/C14H16N6/c1-10(12-4-2-11(8-15)3-5-12)18-13-14-19-17-9-20(14)7-6-16-13/h2-7,9-10H,8,15H2,1H3,(H,16,18). The maximum atomic E-state index is 5.61. The van der Waals surface area contributed by atoms with Crippen molar-refractivity contribution in [1.82, 2.24) is 19.6 Å². The molecule has 0 radical (unpaired) electrons. The Bertz CT molecular complexity index is 703. The van der Waals surface area contributed by atoms with Crippen molar-refractivity contribution in [3.8, 4) is 0 Å². The van der Waals surface area contributed by atoms with Crippen molar-refractivity contribution in [2.45, 2.75) is 19.5 Å². The molecule has 6 nitrogen and oxygen atoms in total. The number of hydrogen-bond donors (Lipinski definition) is 2. The lowest BCUT2D eigenvalue weighted by atomic mass is 10.1. The van der Waals surface area contributed by atoms with Gasteiger partial charge in [-0.05, 0) is 18.1 Å². The number of nitrogens with zero attached hydrogens (tertiary/aromatic N) is 4. The molecule has 0 aliphatic rings. The van der Waals surface area contributed by atoms with Gasteiger partial charge in [-0.25, -0.2) is 4.98 Å². The van der Waals surface area contributed by atoms with Crippen LogP contribution in [0.5, 0.6) is 0 Å². The lowest BCUT2D eigenvalue weighted by Crippen LogP contribution is -2.09. The lowest BCUT2D eigenvalue weighted by Gasteiger charge is -2.15. The second kappa shape index (κ2) is 5.26. The van der Waals surface area contributed by atoms with Crippen molar-refractivity contribution in [1.29, 1.82) is 0 Å². The molecule has 3 aromatic rings. The third-order valence-electron chi connectivity index (χ3n) is 3.28. The number of benzene rings is 1. The highest BCUT2D eigenvalue weighted by Crippen LogP contribution is 2.20. The summed E-state index contributed by atoms with van der Waals surface area (Å²) in [5.74, 6) is 0.723. The molecular formula is C14H16N6. The van der Waals surface area contributed by atoms with E-state index in [1.54, 1.807) is 12.5 Å². The van der Waals surface area contributed by atoms with Gasteiger partial charge >= 0.3 is 0 Å². The van der Waals surface area contributed by atoms with Gasteiger partial charge in [-0.1, -0.05) is 24.3 Å². The largest absolute Gasteiger partial charge is 0.360 e. The molecule has 0 saturated carbocycles. The zero-order valence-corrected chi connectivity index (χ0v) is 11.2. The highest BCUT2D eigenvalue weighted by Gasteiger charge is 2.10. The van der Waals surface area contributed by atoms with Gasteiger partial charge in [-0.2, -0.15) is 0 Å². The van der Waals surface area contributed by atoms with Gasteiger partial charge < -0.3 is 11.1 Å². The van der Waals surface area contributed by atoms with E-state index in [0.29, 0.717) is 6.54 Å². The first kappa shape index (κ1) is 12.6. The third-order valence-corrected chi connectivity index (χ3v) is 3.28. The van der Waals surface area contributed by atoms with E-state index in [2.05, 4.69) is 39.6 Å². The van der Waals surface area contributed by atoms with Crippen LogP contribution in [0.4, 0.5) is 5.82 Å². The molecule has 3 rings (SSSR count). The van der Waals surface area contributed by atoms with E-state index in [1.807, 2.05) is 22.7 Å². The number of nitrogens with one attached hydrogen (secondary N) is 1. The molecule has 1 atom stereocenters. The summed E-state index contributed by atoms with van der Waals surface area (Å²) in [6.45, 7) is 2.64. The average molecular weight is 268 g/mol. The lowest BCUT2D eigenvalue weighted by molar-refractivity contribution is 0.870. The molecule has 20 heavy (non-hydrogen) atoms. The fourth-order valence-electron chi connectivity index (χ4n) is 2.09. The number of nitrogens with two attached hydrogens (primary N) is 1. The van der Waals surface area contributed by atoms with Crippen LogP contribution in [-0.2, 0) is 6.54 Å². The van der Waals surface area contributed by atoms with Crippen LogP contribution in [0.15, 0.2) is 43.0 Å². The first-order valence-corrected chi connectivity index (χ1v) is 6.47. The molecule has 2 heterocycles. The van der Waals surface area contributed by atoms with Crippen molar-refractivity contribution in [2.75, 3.05) is 5.32 Å². The molecule has 102 valence electrons. The number of anilines is 1. The Kier molecular flexibility index (Phi) is 3.30. The summed E-state index contributed by atoms with van der Waals surface area (Å²) in [6, 6.07) is 8.35. The molecule has 2 aromatic heterocycles. The van der Waals surface area contributed by atoms with Crippen LogP contribution in [0.3, 0.4) is 0 Å². The van der Waals surface area contributed by atoms with Crippen LogP contribution in [0.2, 0.25) is 0 Å². The molecule has 3 N–H and O–H groups in total. The van der Waals surface area contributed by atoms with Gasteiger partial charge in [0.1, 0.15) is 6.33 Å². The normalized spacial score (nSPS) is 12.5. The molecule has 1 unspecified atom stereocenters. The van der Waals surface area contributed by atoms with Gasteiger partial charge in [-0.15, -0.1) is 10.2 Å². The molecule has 1 aromatic carbocycles. The summed E-state index contributed by atoms with van der Waals surface area (Å²) < 4.78 is 1.83. The fourth-order valence-corrected chi connectivity index (χ4v) is 2.09. The van der Waals surface area contributed by atoms with Crippen molar-refractivity contribution in [3.05, 3.63) is 54.1 Å². The quantitative estimate of drug-likeness (QED) is 0.753. The minimum Gasteiger partial charge on any atom is -0.360 e. The molecule has 0 bridgehead atoms. The summed E-state index contributed by atoms with van der Waals surface area (Å²) >= 11 is 0. The summed E-state index contributed by atoms with van der Waals surface area (Å²) in [5.41, 5.74) is 8.62. The minimum atomic E-state index is 0.122. The number of fused-ring (bicyclic) bond motifs is 1. The fraction of sp³-hybridized carbons (Fsp3) is 0.214. The Morgan fingerprint density at radius 2 is 2.10 bits per heavy atom. The van der Waals surface area contributed by atoms with E-state index in [0.717, 1.165) is 17.0 Å². The maximum Gasteiger partial charge on any atom is 0.203 e. The van der Waals surface area contributed by atoms with Gasteiger partial charge in [0.05, 0.1) is 6.04 Å². The smallest absolute Gasteiger partial charge is 0.203 e. The summed E-state index contributed by atoms with van der Waals surface area (Å²) in [7, 11) is 0. The summed E-state index contributed by atoms with van der Waals surface area (Å²) in [6.07, 6.45) is 5.20. The van der Waals surface area contributed by atoms with E-state index < -0.39 is 0 Å². The zero-order valence-electron chi connectivity index (χ0n) is 11.2. The van der Waals surface area contributed by atoms with Crippen LogP contribution >= 0.6 is 0 Å². The second-order valence-corrected chi connectivity index (χ2v) is 4.65. The minimum absolute atomic E-state index is 0.122. The molecular weight excluding hydrogens is 252 g/mol. The van der Waals surface area contributed by atoms with Crippen LogP contribution in [0.1, 0.15) is 24.1 Å². The molecule has 0 amide bonds. The summed E-state index contributed by atoms with van der Waals surface area (Å²) in [4.78, 5) is 4.32. The SMILES string of the molecule is CC(Nc1nccn2cnnc12)c1ccc(CN)cc1.